The van der Waals surface area contributed by atoms with Crippen molar-refractivity contribution in [2.75, 3.05) is 11.9 Å². The number of hydrogen-bond donors (Lipinski definition) is 1. The maximum absolute atomic E-state index is 13.4. The van der Waals surface area contributed by atoms with Crippen LogP contribution >= 0.6 is 11.3 Å². The summed E-state index contributed by atoms with van der Waals surface area (Å²) in [6.45, 7) is 1.14. The number of hydrogen-bond acceptors (Lipinski definition) is 5. The fraction of sp³-hybridized carbons (Fsp3) is 0.125. The molecule has 150 valence electrons. The lowest BCUT2D eigenvalue weighted by Crippen LogP contribution is -2.32. The van der Waals surface area contributed by atoms with Gasteiger partial charge in [0.2, 0.25) is 0 Å². The molecule has 1 N–H and O–H groups in total. The Morgan fingerprint density at radius 2 is 1.80 bits per heavy atom. The van der Waals surface area contributed by atoms with Gasteiger partial charge in [0.1, 0.15) is 0 Å². The van der Waals surface area contributed by atoms with E-state index in [-0.39, 0.29) is 5.91 Å². The number of nitrogens with zero attached hydrogens (tertiary/aromatic N) is 3. The van der Waals surface area contributed by atoms with Crippen LogP contribution in [0.5, 0.6) is 0 Å². The number of carbonyl (C=O) groups is 1. The van der Waals surface area contributed by atoms with Crippen LogP contribution in [0.2, 0.25) is 0 Å². The highest BCUT2D eigenvalue weighted by Crippen LogP contribution is 2.21. The molecule has 0 saturated heterocycles. The zero-order chi connectivity index (χ0) is 20.6. The average Bonchev–Trinajstić information content (AvgIpc) is 3.31. The van der Waals surface area contributed by atoms with Crippen LogP contribution in [0.25, 0.3) is 0 Å². The number of rotatable bonds is 8. The quantitative estimate of drug-likeness (QED) is 0.432. The molecule has 0 bridgehead atoms. The van der Waals surface area contributed by atoms with Gasteiger partial charge in [0.25, 0.3) is 5.91 Å². The van der Waals surface area contributed by atoms with Crippen molar-refractivity contribution < 1.29 is 4.79 Å². The molecular weight excluding hydrogens is 392 g/mol. The Morgan fingerprint density at radius 1 is 0.933 bits per heavy atom. The van der Waals surface area contributed by atoms with Gasteiger partial charge >= 0.3 is 0 Å². The molecule has 2 heterocycles. The Bertz CT molecular complexity index is 1070. The molecule has 30 heavy (non-hydrogen) atoms. The molecule has 0 aliphatic rings. The normalized spacial score (nSPS) is 10.5. The first-order chi connectivity index (χ1) is 14.8. The topological polar surface area (TPSA) is 58.1 Å². The number of carbonyl (C=O) groups excluding carboxylic acids is 1. The van der Waals surface area contributed by atoms with Crippen molar-refractivity contribution in [3.05, 3.63) is 107 Å². The van der Waals surface area contributed by atoms with Crippen molar-refractivity contribution in [1.82, 2.24) is 14.9 Å². The van der Waals surface area contributed by atoms with Crippen molar-refractivity contribution in [3.63, 3.8) is 0 Å². The van der Waals surface area contributed by atoms with Crippen LogP contribution in [-0.4, -0.2) is 27.3 Å². The highest BCUT2D eigenvalue weighted by atomic mass is 32.1. The molecule has 5 nitrogen and oxygen atoms in total. The molecule has 0 aliphatic heterocycles. The van der Waals surface area contributed by atoms with E-state index in [1.807, 2.05) is 83.1 Å². The second-order valence-corrected chi connectivity index (χ2v) is 7.72. The van der Waals surface area contributed by atoms with Crippen molar-refractivity contribution in [1.29, 1.82) is 0 Å². The lowest BCUT2D eigenvalue weighted by atomic mass is 10.1. The van der Waals surface area contributed by atoms with Gasteiger partial charge in [-0.1, -0.05) is 42.5 Å². The smallest absolute Gasteiger partial charge is 0.254 e. The van der Waals surface area contributed by atoms with Crippen LogP contribution in [0.1, 0.15) is 21.6 Å². The van der Waals surface area contributed by atoms with Crippen LogP contribution in [0.3, 0.4) is 0 Å². The second kappa shape index (κ2) is 9.80. The molecule has 4 rings (SSSR count). The number of aromatic nitrogens is 2. The lowest BCUT2D eigenvalue weighted by Gasteiger charge is -2.23. The molecule has 0 unspecified atom stereocenters. The summed E-state index contributed by atoms with van der Waals surface area (Å²) in [7, 11) is 0. The van der Waals surface area contributed by atoms with Gasteiger partial charge in [-0.2, -0.15) is 0 Å². The Morgan fingerprint density at radius 3 is 2.57 bits per heavy atom. The Kier molecular flexibility index (Phi) is 6.47. The van der Waals surface area contributed by atoms with E-state index in [2.05, 4.69) is 15.3 Å². The third kappa shape index (κ3) is 5.30. The van der Waals surface area contributed by atoms with E-state index in [4.69, 9.17) is 0 Å². The molecule has 0 aliphatic carbocycles. The minimum Gasteiger partial charge on any atom is -0.334 e. The van der Waals surface area contributed by atoms with Gasteiger partial charge in [-0.3, -0.25) is 9.78 Å². The van der Waals surface area contributed by atoms with Crippen molar-refractivity contribution >= 4 is 28.1 Å². The van der Waals surface area contributed by atoms with Crippen LogP contribution in [0.4, 0.5) is 10.8 Å². The molecule has 0 saturated carbocycles. The van der Waals surface area contributed by atoms with Crippen LogP contribution < -0.4 is 5.32 Å². The molecule has 6 heteroatoms. The number of benzene rings is 2. The summed E-state index contributed by atoms with van der Waals surface area (Å²) in [6, 6.07) is 23.5. The third-order valence-electron chi connectivity index (χ3n) is 4.66. The van der Waals surface area contributed by atoms with Gasteiger partial charge in [0, 0.05) is 54.2 Å². The van der Waals surface area contributed by atoms with Crippen molar-refractivity contribution in [2.45, 2.75) is 13.0 Å². The molecule has 0 spiro atoms. The number of amides is 1. The third-order valence-corrected chi connectivity index (χ3v) is 5.35. The molecule has 2 aromatic heterocycles. The van der Waals surface area contributed by atoms with Gasteiger partial charge in [-0.25, -0.2) is 4.98 Å². The number of thiazole rings is 1. The van der Waals surface area contributed by atoms with Crippen LogP contribution in [-0.2, 0) is 13.0 Å². The largest absolute Gasteiger partial charge is 0.334 e. The van der Waals surface area contributed by atoms with E-state index in [1.54, 1.807) is 12.4 Å². The summed E-state index contributed by atoms with van der Waals surface area (Å²) in [5, 5.41) is 5.97. The first-order valence-corrected chi connectivity index (χ1v) is 10.7. The van der Waals surface area contributed by atoms with Gasteiger partial charge in [-0.05, 0) is 35.9 Å². The van der Waals surface area contributed by atoms with E-state index in [0.29, 0.717) is 25.1 Å². The van der Waals surface area contributed by atoms with E-state index in [0.717, 1.165) is 22.1 Å². The molecular formula is C24H22N4OS. The number of nitrogens with one attached hydrogen (secondary N) is 1. The minimum atomic E-state index is -0.00225. The standard InChI is InChI=1S/C24H22N4OS/c29-23(20-9-6-11-22(17-20)27-24-26-14-16-30-24)28(18-19-7-2-1-3-8-19)15-12-21-10-4-5-13-25-21/h1-11,13-14,16-17H,12,15,18H2,(H,26,27). The van der Waals surface area contributed by atoms with E-state index >= 15 is 0 Å². The van der Waals surface area contributed by atoms with Crippen LogP contribution in [0, 0.1) is 0 Å². The van der Waals surface area contributed by atoms with Gasteiger partial charge < -0.3 is 10.2 Å². The Labute approximate surface area is 180 Å². The highest BCUT2D eigenvalue weighted by Gasteiger charge is 2.17. The summed E-state index contributed by atoms with van der Waals surface area (Å²) in [4.78, 5) is 23.9. The highest BCUT2D eigenvalue weighted by molar-refractivity contribution is 7.13. The second-order valence-electron chi connectivity index (χ2n) is 6.83. The zero-order valence-electron chi connectivity index (χ0n) is 16.4. The van der Waals surface area contributed by atoms with Crippen molar-refractivity contribution in [2.24, 2.45) is 0 Å². The fourth-order valence-corrected chi connectivity index (χ4v) is 3.72. The first-order valence-electron chi connectivity index (χ1n) is 9.77. The predicted octanol–water partition coefficient (Wildman–Crippen LogP) is 5.17. The maximum atomic E-state index is 13.4. The summed E-state index contributed by atoms with van der Waals surface area (Å²) in [6.07, 6.45) is 4.24. The van der Waals surface area contributed by atoms with Gasteiger partial charge in [0.15, 0.2) is 5.13 Å². The molecule has 0 fully saturated rings. The molecule has 0 radical (unpaired) electrons. The lowest BCUT2D eigenvalue weighted by molar-refractivity contribution is 0.0745. The molecule has 4 aromatic rings. The average molecular weight is 415 g/mol. The minimum absolute atomic E-state index is 0.00225. The molecule has 2 aromatic carbocycles. The monoisotopic (exact) mass is 414 g/mol. The first kappa shape index (κ1) is 19.8. The SMILES string of the molecule is O=C(c1cccc(Nc2nccs2)c1)N(CCc1ccccn1)Cc1ccccc1. The van der Waals surface area contributed by atoms with E-state index in [9.17, 15) is 4.79 Å². The molecule has 1 amide bonds. The van der Waals surface area contributed by atoms with Crippen molar-refractivity contribution in [3.8, 4) is 0 Å². The summed E-state index contributed by atoms with van der Waals surface area (Å²) in [5.41, 5.74) is 3.57. The van der Waals surface area contributed by atoms with E-state index < -0.39 is 0 Å². The maximum Gasteiger partial charge on any atom is 0.254 e. The summed E-state index contributed by atoms with van der Waals surface area (Å²) < 4.78 is 0. The summed E-state index contributed by atoms with van der Waals surface area (Å²) in [5.74, 6) is -0.00225. The Balaban J connectivity index is 1.53. The number of pyridine rings is 1. The van der Waals surface area contributed by atoms with Gasteiger partial charge in [-0.15, -0.1) is 11.3 Å². The van der Waals surface area contributed by atoms with Crippen LogP contribution in [0.15, 0.2) is 90.6 Å². The predicted molar refractivity (Wildman–Crippen MR) is 121 cm³/mol. The fourth-order valence-electron chi connectivity index (χ4n) is 3.17. The zero-order valence-corrected chi connectivity index (χ0v) is 17.3. The number of anilines is 2. The molecule has 0 atom stereocenters. The van der Waals surface area contributed by atoms with Gasteiger partial charge in [0.05, 0.1) is 0 Å². The summed E-state index contributed by atoms with van der Waals surface area (Å²) >= 11 is 1.52. The van der Waals surface area contributed by atoms with E-state index in [1.165, 1.54) is 11.3 Å². The Hall–Kier alpha value is -3.51.